The van der Waals surface area contributed by atoms with E-state index in [1.54, 1.807) is 18.6 Å². The van der Waals surface area contributed by atoms with Crippen LogP contribution in [0.4, 0.5) is 0 Å². The molecule has 17 heavy (non-hydrogen) atoms. The molecule has 90 valence electrons. The molecule has 2 heterocycles. The number of aromatic nitrogens is 3. The van der Waals surface area contributed by atoms with Gasteiger partial charge in [-0.25, -0.2) is 4.98 Å². The molecule has 0 radical (unpaired) electrons. The minimum atomic E-state index is 0.258. The second-order valence-corrected chi connectivity index (χ2v) is 4.33. The summed E-state index contributed by atoms with van der Waals surface area (Å²) in [7, 11) is 1.91. The summed E-state index contributed by atoms with van der Waals surface area (Å²) in [6, 6.07) is 4.26. The monoisotopic (exact) mass is 250 g/mol. The van der Waals surface area contributed by atoms with Crippen molar-refractivity contribution >= 4 is 11.6 Å². The number of hydrogen-bond donors (Lipinski definition) is 1. The molecular weight excluding hydrogens is 236 g/mol. The Morgan fingerprint density at radius 3 is 2.71 bits per heavy atom. The lowest BCUT2D eigenvalue weighted by molar-refractivity contribution is 0.549. The van der Waals surface area contributed by atoms with E-state index in [0.29, 0.717) is 11.7 Å². The molecule has 0 bridgehead atoms. The van der Waals surface area contributed by atoms with E-state index in [1.165, 1.54) is 5.56 Å². The van der Waals surface area contributed by atoms with Gasteiger partial charge in [0, 0.05) is 25.5 Å². The van der Waals surface area contributed by atoms with E-state index in [0.717, 1.165) is 5.82 Å². The van der Waals surface area contributed by atoms with Gasteiger partial charge in [-0.1, -0.05) is 11.6 Å². The molecule has 0 saturated carbocycles. The van der Waals surface area contributed by atoms with Gasteiger partial charge >= 0.3 is 0 Å². The number of pyridine rings is 1. The Morgan fingerprint density at radius 1 is 1.41 bits per heavy atom. The molecule has 0 spiro atoms. The first-order valence-electron chi connectivity index (χ1n) is 5.48. The van der Waals surface area contributed by atoms with Crippen molar-refractivity contribution in [3.8, 4) is 0 Å². The van der Waals surface area contributed by atoms with E-state index in [1.807, 2.05) is 23.7 Å². The molecule has 0 aliphatic heterocycles. The van der Waals surface area contributed by atoms with E-state index in [9.17, 15) is 0 Å². The highest BCUT2D eigenvalue weighted by atomic mass is 35.5. The Labute approximate surface area is 106 Å². The summed E-state index contributed by atoms with van der Waals surface area (Å²) in [4.78, 5) is 8.24. The van der Waals surface area contributed by atoms with Crippen LogP contribution in [0.15, 0.2) is 30.7 Å². The number of nitrogens with zero attached hydrogens (tertiary/aromatic N) is 3. The van der Waals surface area contributed by atoms with Crippen molar-refractivity contribution in [2.75, 3.05) is 0 Å². The van der Waals surface area contributed by atoms with Crippen LogP contribution in [0.5, 0.6) is 0 Å². The minimum Gasteiger partial charge on any atom is -0.321 e. The van der Waals surface area contributed by atoms with Crippen LogP contribution in [-0.4, -0.2) is 14.5 Å². The number of imidazole rings is 1. The molecule has 5 heteroatoms. The molecule has 0 saturated heterocycles. The van der Waals surface area contributed by atoms with Crippen LogP contribution < -0.4 is 5.32 Å². The van der Waals surface area contributed by atoms with Gasteiger partial charge in [-0.15, -0.1) is 0 Å². The maximum absolute atomic E-state index is 5.93. The van der Waals surface area contributed by atoms with Gasteiger partial charge in [-0.2, -0.15) is 0 Å². The molecule has 0 unspecified atom stereocenters. The largest absolute Gasteiger partial charge is 0.321 e. The molecule has 0 amide bonds. The summed E-state index contributed by atoms with van der Waals surface area (Å²) in [6.07, 6.45) is 5.26. The van der Waals surface area contributed by atoms with Crippen LogP contribution in [0.25, 0.3) is 0 Å². The second kappa shape index (κ2) is 5.29. The summed E-state index contributed by atoms with van der Waals surface area (Å²) < 4.78 is 1.87. The lowest BCUT2D eigenvalue weighted by Gasteiger charge is -2.13. The Hall–Kier alpha value is -1.39. The highest BCUT2D eigenvalue weighted by molar-refractivity contribution is 6.29. The van der Waals surface area contributed by atoms with Crippen LogP contribution in [0.3, 0.4) is 0 Å². The van der Waals surface area contributed by atoms with Crippen LogP contribution in [0.1, 0.15) is 24.4 Å². The van der Waals surface area contributed by atoms with Gasteiger partial charge in [-0.05, 0) is 24.6 Å². The molecule has 2 rings (SSSR count). The summed E-state index contributed by atoms with van der Waals surface area (Å²) in [5.41, 5.74) is 1.21. The SMILES string of the molecule is C[C@H](NCc1ncc(Cl)n1C)c1ccncc1. The summed E-state index contributed by atoms with van der Waals surface area (Å²) >= 11 is 5.93. The van der Waals surface area contributed by atoms with Gasteiger partial charge in [0.1, 0.15) is 11.0 Å². The predicted octanol–water partition coefficient (Wildman–Crippen LogP) is 2.32. The number of rotatable bonds is 4. The predicted molar refractivity (Wildman–Crippen MR) is 67.7 cm³/mol. The fourth-order valence-electron chi connectivity index (χ4n) is 1.60. The normalized spacial score (nSPS) is 12.6. The van der Waals surface area contributed by atoms with E-state index in [2.05, 4.69) is 22.2 Å². The van der Waals surface area contributed by atoms with Gasteiger partial charge in [0.25, 0.3) is 0 Å². The fourth-order valence-corrected chi connectivity index (χ4v) is 1.75. The lowest BCUT2D eigenvalue weighted by Crippen LogP contribution is -2.20. The number of hydrogen-bond acceptors (Lipinski definition) is 3. The number of nitrogens with one attached hydrogen (secondary N) is 1. The zero-order chi connectivity index (χ0) is 12.3. The van der Waals surface area contributed by atoms with E-state index in [4.69, 9.17) is 11.6 Å². The third-order valence-electron chi connectivity index (χ3n) is 2.80. The van der Waals surface area contributed by atoms with Crippen LogP contribution in [0.2, 0.25) is 5.15 Å². The topological polar surface area (TPSA) is 42.7 Å². The number of halogens is 1. The Bertz CT molecular complexity index is 481. The summed E-state index contributed by atoms with van der Waals surface area (Å²) in [5, 5.41) is 4.05. The van der Waals surface area contributed by atoms with E-state index in [-0.39, 0.29) is 6.04 Å². The Kier molecular flexibility index (Phi) is 3.76. The van der Waals surface area contributed by atoms with Crippen LogP contribution >= 0.6 is 11.6 Å². The first-order chi connectivity index (χ1) is 8.18. The standard InChI is InChI=1S/C12H15ClN4/c1-9(10-3-5-14-6-4-10)15-8-12-16-7-11(13)17(12)2/h3-7,9,15H,8H2,1-2H3/t9-/m0/s1. The zero-order valence-corrected chi connectivity index (χ0v) is 10.6. The molecule has 0 aliphatic rings. The fraction of sp³-hybridized carbons (Fsp3) is 0.333. The molecule has 2 aromatic rings. The summed E-state index contributed by atoms with van der Waals surface area (Å²) in [5.74, 6) is 0.927. The van der Waals surface area contributed by atoms with Crippen molar-refractivity contribution < 1.29 is 0 Å². The van der Waals surface area contributed by atoms with Crippen molar-refractivity contribution in [1.29, 1.82) is 0 Å². The first-order valence-corrected chi connectivity index (χ1v) is 5.85. The van der Waals surface area contributed by atoms with E-state index >= 15 is 0 Å². The minimum absolute atomic E-state index is 0.258. The quantitative estimate of drug-likeness (QED) is 0.906. The molecule has 1 atom stereocenters. The summed E-state index contributed by atoms with van der Waals surface area (Å²) in [6.45, 7) is 2.80. The third kappa shape index (κ3) is 2.84. The zero-order valence-electron chi connectivity index (χ0n) is 9.89. The lowest BCUT2D eigenvalue weighted by atomic mass is 10.1. The van der Waals surface area contributed by atoms with Crippen molar-refractivity contribution in [2.24, 2.45) is 7.05 Å². The second-order valence-electron chi connectivity index (χ2n) is 3.94. The smallest absolute Gasteiger partial charge is 0.128 e. The Balaban J connectivity index is 1.97. The maximum Gasteiger partial charge on any atom is 0.128 e. The highest BCUT2D eigenvalue weighted by Gasteiger charge is 2.07. The van der Waals surface area contributed by atoms with Crippen molar-refractivity contribution in [3.05, 3.63) is 47.3 Å². The van der Waals surface area contributed by atoms with Gasteiger partial charge < -0.3 is 9.88 Å². The van der Waals surface area contributed by atoms with Crippen molar-refractivity contribution in [2.45, 2.75) is 19.5 Å². The molecule has 0 fully saturated rings. The molecular formula is C12H15ClN4. The van der Waals surface area contributed by atoms with Gasteiger partial charge in [0.15, 0.2) is 0 Å². The maximum atomic E-state index is 5.93. The van der Waals surface area contributed by atoms with Gasteiger partial charge in [0.05, 0.1) is 12.7 Å². The molecule has 0 aliphatic carbocycles. The van der Waals surface area contributed by atoms with Crippen LogP contribution in [0, 0.1) is 0 Å². The highest BCUT2D eigenvalue weighted by Crippen LogP contribution is 2.13. The first kappa shape index (κ1) is 12.1. The molecule has 2 aromatic heterocycles. The van der Waals surface area contributed by atoms with Crippen LogP contribution in [-0.2, 0) is 13.6 Å². The molecule has 4 nitrogen and oxygen atoms in total. The average Bonchev–Trinajstić information content (AvgIpc) is 2.68. The Morgan fingerprint density at radius 2 is 2.12 bits per heavy atom. The van der Waals surface area contributed by atoms with Crippen molar-refractivity contribution in [3.63, 3.8) is 0 Å². The third-order valence-corrected chi connectivity index (χ3v) is 3.15. The average molecular weight is 251 g/mol. The van der Waals surface area contributed by atoms with Gasteiger partial charge in [-0.3, -0.25) is 4.98 Å². The van der Waals surface area contributed by atoms with E-state index < -0.39 is 0 Å². The van der Waals surface area contributed by atoms with Crippen molar-refractivity contribution in [1.82, 2.24) is 19.9 Å². The van der Waals surface area contributed by atoms with Gasteiger partial charge in [0.2, 0.25) is 0 Å². The molecule has 0 aromatic carbocycles. The molecule has 1 N–H and O–H groups in total.